The number of aromatic nitrogens is 2. The summed E-state index contributed by atoms with van der Waals surface area (Å²) in [5.41, 5.74) is -0.873. The number of piperidine rings is 1. The molecule has 2 heterocycles. The Morgan fingerprint density at radius 3 is 2.44 bits per heavy atom. The average molecular weight is 374 g/mol. The predicted octanol–water partition coefficient (Wildman–Crippen LogP) is 3.03. The molecule has 1 saturated heterocycles. The third-order valence-corrected chi connectivity index (χ3v) is 5.49. The minimum absolute atomic E-state index is 0.163. The first kappa shape index (κ1) is 17.7. The molecule has 1 aromatic carbocycles. The Morgan fingerprint density at radius 1 is 1.12 bits per heavy atom. The lowest BCUT2D eigenvalue weighted by molar-refractivity contribution is -0.137. The zero-order chi connectivity index (χ0) is 18.1. The fraction of sp³-hybridized carbons (Fsp3) is 0.400. The van der Waals surface area contributed by atoms with Crippen LogP contribution < -0.4 is 4.72 Å². The van der Waals surface area contributed by atoms with Crippen LogP contribution in [0.25, 0.3) is 5.69 Å². The molecule has 0 unspecified atom stereocenters. The van der Waals surface area contributed by atoms with Gasteiger partial charge in [0.15, 0.2) is 0 Å². The van der Waals surface area contributed by atoms with E-state index in [1.54, 1.807) is 6.07 Å². The molecular formula is C15H17F3N4O2S. The lowest BCUT2D eigenvalue weighted by Gasteiger charge is -2.27. The highest BCUT2D eigenvalue weighted by atomic mass is 32.2. The Bertz CT molecular complexity index is 829. The van der Waals surface area contributed by atoms with Gasteiger partial charge >= 0.3 is 16.4 Å². The van der Waals surface area contributed by atoms with E-state index < -0.39 is 21.9 Å². The average Bonchev–Trinajstić information content (AvgIpc) is 3.09. The summed E-state index contributed by atoms with van der Waals surface area (Å²) in [6.07, 6.45) is 0.814. The van der Waals surface area contributed by atoms with Gasteiger partial charge in [-0.15, -0.1) is 0 Å². The third-order valence-electron chi connectivity index (χ3n) is 3.97. The Kier molecular flexibility index (Phi) is 4.74. The topological polar surface area (TPSA) is 67.2 Å². The highest BCUT2D eigenvalue weighted by molar-refractivity contribution is 7.90. The van der Waals surface area contributed by atoms with E-state index in [2.05, 4.69) is 9.82 Å². The van der Waals surface area contributed by atoms with Crippen LogP contribution in [0, 0.1) is 0 Å². The van der Waals surface area contributed by atoms with Crippen molar-refractivity contribution in [2.75, 3.05) is 17.8 Å². The molecule has 25 heavy (non-hydrogen) atoms. The van der Waals surface area contributed by atoms with Crippen LogP contribution in [0.1, 0.15) is 24.8 Å². The van der Waals surface area contributed by atoms with Gasteiger partial charge in [0.05, 0.1) is 16.9 Å². The molecule has 0 amide bonds. The molecule has 0 atom stereocenters. The van der Waals surface area contributed by atoms with Crippen LogP contribution in [0.4, 0.5) is 18.9 Å². The van der Waals surface area contributed by atoms with Crippen molar-refractivity contribution in [1.82, 2.24) is 14.1 Å². The van der Waals surface area contributed by atoms with E-state index in [4.69, 9.17) is 0 Å². The van der Waals surface area contributed by atoms with E-state index in [1.807, 2.05) is 0 Å². The van der Waals surface area contributed by atoms with Gasteiger partial charge in [-0.25, -0.2) is 4.68 Å². The largest absolute Gasteiger partial charge is 0.416 e. The fourth-order valence-corrected chi connectivity index (χ4v) is 4.02. The lowest BCUT2D eigenvalue weighted by Crippen LogP contribution is -2.39. The van der Waals surface area contributed by atoms with Crippen molar-refractivity contribution >= 4 is 15.9 Å². The van der Waals surface area contributed by atoms with Crippen LogP contribution in [0.5, 0.6) is 0 Å². The number of halogens is 3. The number of anilines is 1. The number of benzene rings is 1. The summed E-state index contributed by atoms with van der Waals surface area (Å²) in [5, 5.41) is 3.97. The zero-order valence-electron chi connectivity index (χ0n) is 13.2. The maximum absolute atomic E-state index is 13.0. The molecule has 1 aromatic heterocycles. The first-order valence-electron chi connectivity index (χ1n) is 7.76. The number of nitrogens with one attached hydrogen (secondary N) is 1. The van der Waals surface area contributed by atoms with Crippen LogP contribution in [-0.2, 0) is 16.4 Å². The van der Waals surface area contributed by atoms with Crippen molar-refractivity contribution in [2.24, 2.45) is 0 Å². The van der Waals surface area contributed by atoms with Crippen molar-refractivity contribution in [3.05, 3.63) is 42.2 Å². The molecule has 0 spiro atoms. The number of rotatable bonds is 4. The summed E-state index contributed by atoms with van der Waals surface area (Å²) in [6, 6.07) is 4.48. The van der Waals surface area contributed by atoms with E-state index >= 15 is 0 Å². The van der Waals surface area contributed by atoms with Gasteiger partial charge in [-0.05, 0) is 37.1 Å². The maximum Gasteiger partial charge on any atom is 0.416 e. The van der Waals surface area contributed by atoms with Gasteiger partial charge in [0.25, 0.3) is 0 Å². The fourth-order valence-electron chi connectivity index (χ4n) is 2.71. The van der Waals surface area contributed by atoms with Crippen molar-refractivity contribution in [3.63, 3.8) is 0 Å². The van der Waals surface area contributed by atoms with Crippen molar-refractivity contribution < 1.29 is 21.6 Å². The Labute approximate surface area is 143 Å². The van der Waals surface area contributed by atoms with Gasteiger partial charge in [0.2, 0.25) is 0 Å². The van der Waals surface area contributed by atoms with Crippen molar-refractivity contribution in [2.45, 2.75) is 25.4 Å². The molecule has 1 fully saturated rings. The van der Waals surface area contributed by atoms with Gasteiger partial charge < -0.3 is 0 Å². The van der Waals surface area contributed by atoms with Gasteiger partial charge in [-0.3, -0.25) is 4.72 Å². The molecule has 0 aliphatic carbocycles. The van der Waals surface area contributed by atoms with Crippen LogP contribution in [0.15, 0.2) is 36.7 Å². The summed E-state index contributed by atoms with van der Waals surface area (Å²) >= 11 is 0. The molecule has 0 bridgehead atoms. The summed E-state index contributed by atoms with van der Waals surface area (Å²) in [4.78, 5) is 0. The molecule has 136 valence electrons. The molecule has 2 aromatic rings. The van der Waals surface area contributed by atoms with Gasteiger partial charge in [0, 0.05) is 25.5 Å². The predicted molar refractivity (Wildman–Crippen MR) is 86.5 cm³/mol. The van der Waals surface area contributed by atoms with E-state index in [0.717, 1.165) is 31.4 Å². The quantitative estimate of drug-likeness (QED) is 0.895. The van der Waals surface area contributed by atoms with Crippen LogP contribution in [0.3, 0.4) is 0 Å². The number of hydrogen-bond acceptors (Lipinski definition) is 3. The van der Waals surface area contributed by atoms with Crippen LogP contribution in [0.2, 0.25) is 0 Å². The highest BCUT2D eigenvalue weighted by Crippen LogP contribution is 2.34. The van der Waals surface area contributed by atoms with Gasteiger partial charge in [0.1, 0.15) is 0 Å². The monoisotopic (exact) mass is 374 g/mol. The molecule has 6 nitrogen and oxygen atoms in total. The molecule has 1 N–H and O–H groups in total. The summed E-state index contributed by atoms with van der Waals surface area (Å²) in [7, 11) is -3.94. The molecule has 10 heteroatoms. The summed E-state index contributed by atoms with van der Waals surface area (Å²) in [5.74, 6) is 0. The molecule has 0 saturated carbocycles. The Balaban J connectivity index is 2.00. The second kappa shape index (κ2) is 6.68. The summed E-state index contributed by atoms with van der Waals surface area (Å²) in [6.45, 7) is 0.705. The van der Waals surface area contributed by atoms with E-state index in [9.17, 15) is 21.6 Å². The van der Waals surface area contributed by atoms with E-state index in [1.165, 1.54) is 27.4 Å². The van der Waals surface area contributed by atoms with E-state index in [0.29, 0.717) is 13.1 Å². The van der Waals surface area contributed by atoms with Gasteiger partial charge in [-0.2, -0.15) is 31.0 Å². The normalized spacial score (nSPS) is 16.8. The lowest BCUT2D eigenvalue weighted by atomic mass is 10.1. The van der Waals surface area contributed by atoms with Crippen molar-refractivity contribution in [1.29, 1.82) is 0 Å². The smallest absolute Gasteiger partial charge is 0.269 e. The maximum atomic E-state index is 13.0. The Hall–Kier alpha value is -2.07. The SMILES string of the molecule is O=S(=O)(Nc1cc(C(F)(F)F)ccc1-n1cccn1)N1CCCCC1. The minimum Gasteiger partial charge on any atom is -0.269 e. The van der Waals surface area contributed by atoms with Crippen LogP contribution >= 0.6 is 0 Å². The highest BCUT2D eigenvalue weighted by Gasteiger charge is 2.32. The number of alkyl halides is 3. The van der Waals surface area contributed by atoms with Gasteiger partial charge in [-0.1, -0.05) is 6.42 Å². The third kappa shape index (κ3) is 3.96. The zero-order valence-corrected chi connectivity index (χ0v) is 14.0. The number of nitrogens with zero attached hydrogens (tertiary/aromatic N) is 3. The Morgan fingerprint density at radius 2 is 1.84 bits per heavy atom. The standard InChI is InChI=1S/C15H17F3N4O2S/c16-15(17,18)12-5-6-14(22-10-4-7-19-22)13(11-12)20-25(23,24)21-8-2-1-3-9-21/h4-7,10-11,20H,1-3,8-9H2. The van der Waals surface area contributed by atoms with Crippen LogP contribution in [-0.4, -0.2) is 35.6 Å². The first-order chi connectivity index (χ1) is 11.8. The second-order valence-electron chi connectivity index (χ2n) is 5.75. The minimum atomic E-state index is -4.58. The second-order valence-corrected chi connectivity index (χ2v) is 7.42. The number of hydrogen-bond donors (Lipinski definition) is 1. The molecule has 3 rings (SSSR count). The first-order valence-corrected chi connectivity index (χ1v) is 9.20. The summed E-state index contributed by atoms with van der Waals surface area (Å²) < 4.78 is 69.0. The van der Waals surface area contributed by atoms with E-state index in [-0.39, 0.29) is 11.4 Å². The molecule has 1 aliphatic rings. The molecule has 1 aliphatic heterocycles. The molecular weight excluding hydrogens is 357 g/mol. The van der Waals surface area contributed by atoms with Crippen molar-refractivity contribution in [3.8, 4) is 5.69 Å². The molecule has 0 radical (unpaired) electrons.